The number of para-hydroxylation sites is 1. The lowest BCUT2D eigenvalue weighted by Crippen LogP contribution is -2.16. The third-order valence-electron chi connectivity index (χ3n) is 4.99. The Balaban J connectivity index is 2.01. The summed E-state index contributed by atoms with van der Waals surface area (Å²) in [5.41, 5.74) is 3.50. The summed E-state index contributed by atoms with van der Waals surface area (Å²) in [6.07, 6.45) is 3.97. The topological polar surface area (TPSA) is 31.2 Å². The van der Waals surface area contributed by atoms with Gasteiger partial charge in [-0.15, -0.1) is 0 Å². The summed E-state index contributed by atoms with van der Waals surface area (Å²) in [6.45, 7) is 7.47. The van der Waals surface area contributed by atoms with Crippen molar-refractivity contribution in [3.05, 3.63) is 71.9 Å². The number of rotatable bonds is 8. The first-order valence-corrected chi connectivity index (χ1v) is 9.88. The van der Waals surface area contributed by atoms with Crippen LogP contribution in [0.3, 0.4) is 0 Å². The van der Waals surface area contributed by atoms with Crippen molar-refractivity contribution < 1.29 is 9.53 Å². The minimum Gasteiger partial charge on any atom is -0.466 e. The summed E-state index contributed by atoms with van der Waals surface area (Å²) in [6, 6.07) is 18.8. The third-order valence-corrected chi connectivity index (χ3v) is 4.99. The van der Waals surface area contributed by atoms with E-state index in [9.17, 15) is 4.79 Å². The molecule has 1 aromatic heterocycles. The van der Waals surface area contributed by atoms with E-state index in [0.29, 0.717) is 12.5 Å². The van der Waals surface area contributed by atoms with Crippen LogP contribution in [0.4, 0.5) is 0 Å². The Hall–Kier alpha value is -2.55. The van der Waals surface area contributed by atoms with Gasteiger partial charge in [-0.05, 0) is 42.9 Å². The van der Waals surface area contributed by atoms with Crippen LogP contribution < -0.4 is 0 Å². The number of hydrogen-bond acceptors (Lipinski definition) is 2. The van der Waals surface area contributed by atoms with Gasteiger partial charge in [-0.2, -0.15) is 0 Å². The Labute approximate surface area is 162 Å². The number of carbonyl (C=O) groups excluding carboxylic acids is 1. The average molecular weight is 364 g/mol. The van der Waals surface area contributed by atoms with E-state index in [0.717, 1.165) is 35.9 Å². The van der Waals surface area contributed by atoms with Gasteiger partial charge in [0.2, 0.25) is 0 Å². The van der Waals surface area contributed by atoms with E-state index in [1.165, 1.54) is 5.56 Å². The molecule has 0 radical (unpaired) electrons. The summed E-state index contributed by atoms with van der Waals surface area (Å²) in [4.78, 5) is 12.7. The fraction of sp³-hybridized carbons (Fsp3) is 0.375. The molecular formula is C24H29NO2. The van der Waals surface area contributed by atoms with Crippen LogP contribution in [0.1, 0.15) is 50.7 Å². The lowest BCUT2D eigenvalue weighted by Gasteiger charge is -2.16. The minimum atomic E-state index is -0.214. The van der Waals surface area contributed by atoms with Crippen molar-refractivity contribution in [1.29, 1.82) is 0 Å². The fourth-order valence-corrected chi connectivity index (χ4v) is 3.61. The smallest absolute Gasteiger partial charge is 0.313 e. The quantitative estimate of drug-likeness (QED) is 0.476. The van der Waals surface area contributed by atoms with E-state index < -0.39 is 0 Å². The van der Waals surface area contributed by atoms with Crippen molar-refractivity contribution in [3.8, 4) is 0 Å². The van der Waals surface area contributed by atoms with Crippen LogP contribution in [-0.2, 0) is 16.1 Å². The van der Waals surface area contributed by atoms with Crippen molar-refractivity contribution in [2.75, 3.05) is 6.61 Å². The van der Waals surface area contributed by atoms with Crippen LogP contribution in [0.5, 0.6) is 0 Å². The van der Waals surface area contributed by atoms with Crippen molar-refractivity contribution in [1.82, 2.24) is 4.57 Å². The zero-order valence-corrected chi connectivity index (χ0v) is 16.5. The average Bonchev–Trinajstić information content (AvgIpc) is 3.01. The van der Waals surface area contributed by atoms with Crippen molar-refractivity contribution in [2.24, 2.45) is 5.92 Å². The summed E-state index contributed by atoms with van der Waals surface area (Å²) in [7, 11) is 0. The molecule has 142 valence electrons. The summed E-state index contributed by atoms with van der Waals surface area (Å²) < 4.78 is 7.67. The van der Waals surface area contributed by atoms with E-state index in [1.54, 1.807) is 0 Å². The molecule has 0 saturated carbocycles. The van der Waals surface area contributed by atoms with E-state index in [1.807, 2.05) is 19.1 Å². The number of carbonyl (C=O) groups is 1. The monoisotopic (exact) mass is 363 g/mol. The molecule has 0 unspecified atom stereocenters. The predicted octanol–water partition coefficient (Wildman–Crippen LogP) is 5.77. The van der Waals surface area contributed by atoms with Crippen molar-refractivity contribution in [2.45, 2.75) is 46.1 Å². The second-order valence-corrected chi connectivity index (χ2v) is 7.49. The van der Waals surface area contributed by atoms with E-state index in [-0.39, 0.29) is 11.9 Å². The zero-order chi connectivity index (χ0) is 19.2. The van der Waals surface area contributed by atoms with Crippen LogP contribution in [0.2, 0.25) is 0 Å². The first-order chi connectivity index (χ1) is 13.1. The first kappa shape index (κ1) is 19.2. The Kier molecular flexibility index (Phi) is 6.33. The molecule has 0 N–H and O–H groups in total. The van der Waals surface area contributed by atoms with Gasteiger partial charge in [-0.25, -0.2) is 0 Å². The van der Waals surface area contributed by atoms with E-state index in [4.69, 9.17) is 4.74 Å². The molecule has 0 fully saturated rings. The molecular weight excluding hydrogens is 334 g/mol. The molecule has 3 aromatic rings. The number of fused-ring (bicyclic) bond motifs is 1. The van der Waals surface area contributed by atoms with Gasteiger partial charge in [0.05, 0.1) is 12.5 Å². The fourth-order valence-electron chi connectivity index (χ4n) is 3.61. The maximum atomic E-state index is 12.7. The van der Waals surface area contributed by atoms with Gasteiger partial charge in [0.15, 0.2) is 0 Å². The molecule has 0 aliphatic heterocycles. The van der Waals surface area contributed by atoms with Crippen molar-refractivity contribution >= 4 is 16.9 Å². The number of ether oxygens (including phenoxy) is 1. The second-order valence-electron chi connectivity index (χ2n) is 7.49. The molecule has 0 spiro atoms. The van der Waals surface area contributed by atoms with Gasteiger partial charge in [0.25, 0.3) is 0 Å². The van der Waals surface area contributed by atoms with Crippen LogP contribution in [0.15, 0.2) is 60.8 Å². The first-order valence-electron chi connectivity index (χ1n) is 9.88. The SMILES string of the molecule is CCOC(=O)[C@H](CCC(C)C)c1cn(Cc2ccccc2)c2ccccc12. The molecule has 3 rings (SSSR count). The Morgan fingerprint density at radius 2 is 1.70 bits per heavy atom. The molecule has 27 heavy (non-hydrogen) atoms. The van der Waals surface area contributed by atoms with Gasteiger partial charge in [0.1, 0.15) is 0 Å². The van der Waals surface area contributed by atoms with Gasteiger partial charge in [-0.1, -0.05) is 62.4 Å². The highest BCUT2D eigenvalue weighted by molar-refractivity contribution is 5.90. The molecule has 0 aliphatic carbocycles. The van der Waals surface area contributed by atoms with E-state index >= 15 is 0 Å². The molecule has 0 bridgehead atoms. The number of aromatic nitrogens is 1. The molecule has 0 aliphatic rings. The Bertz CT molecular complexity index is 880. The third kappa shape index (κ3) is 4.60. The predicted molar refractivity (Wildman–Crippen MR) is 111 cm³/mol. The molecule has 2 aromatic carbocycles. The lowest BCUT2D eigenvalue weighted by atomic mass is 9.91. The standard InChI is InChI=1S/C24H29NO2/c1-4-27-24(26)21(15-14-18(2)3)22-17-25(16-19-10-6-5-7-11-19)23-13-9-8-12-20(22)23/h5-13,17-18,21H,4,14-16H2,1-3H3/t21-/m1/s1. The van der Waals surface area contributed by atoms with Gasteiger partial charge < -0.3 is 9.30 Å². The van der Waals surface area contributed by atoms with Gasteiger partial charge in [-0.3, -0.25) is 4.79 Å². The van der Waals surface area contributed by atoms with Crippen molar-refractivity contribution in [3.63, 3.8) is 0 Å². The highest BCUT2D eigenvalue weighted by Gasteiger charge is 2.26. The molecule has 0 amide bonds. The van der Waals surface area contributed by atoms with Crippen LogP contribution in [-0.4, -0.2) is 17.1 Å². The number of hydrogen-bond donors (Lipinski definition) is 0. The van der Waals surface area contributed by atoms with Gasteiger partial charge in [0, 0.05) is 23.6 Å². The molecule has 1 heterocycles. The minimum absolute atomic E-state index is 0.110. The summed E-state index contributed by atoms with van der Waals surface area (Å²) >= 11 is 0. The Morgan fingerprint density at radius 1 is 1.00 bits per heavy atom. The maximum Gasteiger partial charge on any atom is 0.313 e. The normalized spacial score (nSPS) is 12.4. The van der Waals surface area contributed by atoms with Crippen LogP contribution in [0.25, 0.3) is 10.9 Å². The Morgan fingerprint density at radius 3 is 2.41 bits per heavy atom. The molecule has 0 saturated heterocycles. The number of nitrogens with zero attached hydrogens (tertiary/aromatic N) is 1. The molecule has 3 heteroatoms. The summed E-state index contributed by atoms with van der Waals surface area (Å²) in [5.74, 6) is 0.231. The molecule has 1 atom stereocenters. The molecule has 3 nitrogen and oxygen atoms in total. The number of benzene rings is 2. The maximum absolute atomic E-state index is 12.7. The van der Waals surface area contributed by atoms with E-state index in [2.05, 4.69) is 67.1 Å². The highest BCUT2D eigenvalue weighted by atomic mass is 16.5. The second kappa shape index (κ2) is 8.90. The highest BCUT2D eigenvalue weighted by Crippen LogP contribution is 2.33. The summed E-state index contributed by atoms with van der Waals surface area (Å²) in [5, 5.41) is 1.15. The zero-order valence-electron chi connectivity index (χ0n) is 16.5. The largest absolute Gasteiger partial charge is 0.466 e. The number of esters is 1. The lowest BCUT2D eigenvalue weighted by molar-refractivity contribution is -0.145. The van der Waals surface area contributed by atoms with Crippen LogP contribution >= 0.6 is 0 Å². The van der Waals surface area contributed by atoms with Crippen LogP contribution in [0, 0.1) is 5.92 Å². The van der Waals surface area contributed by atoms with Gasteiger partial charge >= 0.3 is 5.97 Å².